The Kier molecular flexibility index (Phi) is 12.1. The Balaban J connectivity index is 0.000000167. The zero-order valence-electron chi connectivity index (χ0n) is 30.3. The van der Waals surface area contributed by atoms with Gasteiger partial charge in [0.1, 0.15) is 22.5 Å². The zero-order valence-corrected chi connectivity index (χ0v) is 30.3. The third-order valence-electron chi connectivity index (χ3n) is 10.1. The molecule has 0 radical (unpaired) electrons. The largest absolute Gasteiger partial charge is 0.506 e. The highest BCUT2D eigenvalue weighted by Crippen LogP contribution is 2.33. The van der Waals surface area contributed by atoms with E-state index < -0.39 is 0 Å². The summed E-state index contributed by atoms with van der Waals surface area (Å²) in [6.07, 6.45) is 7.72. The maximum absolute atomic E-state index is 12.1. The number of aromatic amines is 2. The number of phenols is 2. The van der Waals surface area contributed by atoms with Gasteiger partial charge in [-0.3, -0.25) is 9.59 Å². The second-order valence-corrected chi connectivity index (χ2v) is 13.8. The fraction of sp³-hybridized carbons (Fsp3) is 0.333. The van der Waals surface area contributed by atoms with Crippen LogP contribution in [0.25, 0.3) is 44.1 Å². The summed E-state index contributed by atoms with van der Waals surface area (Å²) in [6.45, 7) is 8.95. The standard InChI is InChI=1S/2C21H23N3O3/c2*25-19-12-16(11-18-20(19)22-14-23-21(18)26)17-6-2-1-5-15(17)13-27-10-9-24-7-3-4-8-24/h2*1-2,5-6,11-12,14,25H,3-4,7-10,13H2,(H,22,23,26). The molecule has 4 aromatic carbocycles. The molecule has 8 rings (SSSR count). The lowest BCUT2D eigenvalue weighted by Crippen LogP contribution is -2.23. The predicted octanol–water partition coefficient (Wildman–Crippen LogP) is 5.82. The molecule has 0 unspecified atom stereocenters. The number of aromatic nitrogens is 4. The molecule has 12 nitrogen and oxygen atoms in total. The minimum Gasteiger partial charge on any atom is -0.506 e. The van der Waals surface area contributed by atoms with Crippen LogP contribution in [-0.4, -0.2) is 92.4 Å². The van der Waals surface area contributed by atoms with Crippen molar-refractivity contribution in [3.63, 3.8) is 0 Å². The summed E-state index contributed by atoms with van der Waals surface area (Å²) in [6, 6.07) is 22.6. The highest BCUT2D eigenvalue weighted by molar-refractivity contribution is 5.90. The van der Waals surface area contributed by atoms with Crippen LogP contribution in [0.15, 0.2) is 95.0 Å². The molecule has 2 aromatic heterocycles. The molecule has 0 amide bonds. The molecule has 2 saturated heterocycles. The number of benzene rings is 4. The highest BCUT2D eigenvalue weighted by Gasteiger charge is 2.15. The van der Waals surface area contributed by atoms with Crippen molar-refractivity contribution in [3.8, 4) is 33.8 Å². The second kappa shape index (κ2) is 17.6. The topological polar surface area (TPSA) is 157 Å². The molecule has 2 aliphatic heterocycles. The number of nitrogens with one attached hydrogen (secondary N) is 2. The Morgan fingerprint density at radius 3 is 1.43 bits per heavy atom. The SMILES string of the molecule is O=c1[nH]cnc2c(O)cc(-c3ccccc3COCCN3CCCC3)cc12.O=c1[nH]cnc2c(O)cc(-c3ccccc3COCCN3CCCC3)cc12. The van der Waals surface area contributed by atoms with Crippen LogP contribution in [0, 0.1) is 0 Å². The number of H-pyrrole nitrogens is 2. The van der Waals surface area contributed by atoms with Crippen molar-refractivity contribution in [3.05, 3.63) is 117 Å². The van der Waals surface area contributed by atoms with Crippen molar-refractivity contribution in [1.82, 2.24) is 29.7 Å². The van der Waals surface area contributed by atoms with Crippen molar-refractivity contribution in [2.24, 2.45) is 0 Å². The van der Waals surface area contributed by atoms with E-state index in [1.807, 2.05) is 48.5 Å². The van der Waals surface area contributed by atoms with E-state index in [1.54, 1.807) is 24.3 Å². The Morgan fingerprint density at radius 1 is 0.593 bits per heavy atom. The van der Waals surface area contributed by atoms with Gasteiger partial charge in [0.05, 0.1) is 49.9 Å². The minimum atomic E-state index is -0.267. The molecule has 2 fully saturated rings. The van der Waals surface area contributed by atoms with E-state index in [9.17, 15) is 19.8 Å². The van der Waals surface area contributed by atoms with Gasteiger partial charge in [0, 0.05) is 13.1 Å². The zero-order chi connectivity index (χ0) is 37.3. The average molecular weight is 731 g/mol. The van der Waals surface area contributed by atoms with Crippen LogP contribution in [-0.2, 0) is 22.7 Å². The van der Waals surface area contributed by atoms with Gasteiger partial charge in [0.15, 0.2) is 0 Å². The number of rotatable bonds is 12. The monoisotopic (exact) mass is 730 g/mol. The quantitative estimate of drug-likeness (QED) is 0.113. The number of hydrogen-bond acceptors (Lipinski definition) is 10. The molecule has 12 heteroatoms. The van der Waals surface area contributed by atoms with Crippen LogP contribution in [0.4, 0.5) is 0 Å². The van der Waals surface area contributed by atoms with Gasteiger partial charge in [-0.15, -0.1) is 0 Å². The Labute approximate surface area is 313 Å². The molecule has 54 heavy (non-hydrogen) atoms. The summed E-state index contributed by atoms with van der Waals surface area (Å²) in [4.78, 5) is 42.3. The van der Waals surface area contributed by atoms with Crippen LogP contribution in [0.3, 0.4) is 0 Å². The Hall–Kier alpha value is -5.40. The summed E-state index contributed by atoms with van der Waals surface area (Å²) < 4.78 is 11.8. The first-order chi connectivity index (χ1) is 26.4. The molecule has 4 N–H and O–H groups in total. The van der Waals surface area contributed by atoms with Crippen molar-refractivity contribution in [1.29, 1.82) is 0 Å². The summed E-state index contributed by atoms with van der Waals surface area (Å²) in [5.74, 6) is -0.00305. The molecule has 6 aromatic rings. The number of nitrogens with zero attached hydrogens (tertiary/aromatic N) is 4. The van der Waals surface area contributed by atoms with Gasteiger partial charge in [-0.25, -0.2) is 9.97 Å². The molecular weight excluding hydrogens is 684 g/mol. The van der Waals surface area contributed by atoms with E-state index in [4.69, 9.17) is 9.47 Å². The van der Waals surface area contributed by atoms with Gasteiger partial charge < -0.3 is 39.5 Å². The van der Waals surface area contributed by atoms with E-state index >= 15 is 0 Å². The Morgan fingerprint density at radius 2 is 1.00 bits per heavy atom. The molecule has 0 aliphatic carbocycles. The van der Waals surface area contributed by atoms with Gasteiger partial charge >= 0.3 is 0 Å². The highest BCUT2D eigenvalue weighted by atomic mass is 16.5. The summed E-state index contributed by atoms with van der Waals surface area (Å²) in [7, 11) is 0. The smallest absolute Gasteiger partial charge is 0.258 e. The number of fused-ring (bicyclic) bond motifs is 2. The van der Waals surface area contributed by atoms with E-state index in [2.05, 4.69) is 29.7 Å². The van der Waals surface area contributed by atoms with Crippen molar-refractivity contribution < 1.29 is 19.7 Å². The average Bonchev–Trinajstić information content (AvgIpc) is 3.92. The molecule has 2 aliphatic rings. The van der Waals surface area contributed by atoms with Crippen LogP contribution in [0.1, 0.15) is 36.8 Å². The van der Waals surface area contributed by atoms with Gasteiger partial charge in [-0.05, 0) is 110 Å². The van der Waals surface area contributed by atoms with Crippen LogP contribution >= 0.6 is 0 Å². The normalized spacial score (nSPS) is 14.8. The lowest BCUT2D eigenvalue weighted by Gasteiger charge is -2.15. The van der Waals surface area contributed by atoms with Gasteiger partial charge in [-0.2, -0.15) is 0 Å². The fourth-order valence-electron chi connectivity index (χ4n) is 7.25. The number of hydrogen-bond donors (Lipinski definition) is 4. The van der Waals surface area contributed by atoms with Gasteiger partial charge in [-0.1, -0.05) is 48.5 Å². The molecule has 0 spiro atoms. The first-order valence-corrected chi connectivity index (χ1v) is 18.6. The summed E-state index contributed by atoms with van der Waals surface area (Å²) in [5, 5.41) is 21.4. The molecular formula is C42H46N6O6. The first-order valence-electron chi connectivity index (χ1n) is 18.6. The van der Waals surface area contributed by atoms with Crippen LogP contribution < -0.4 is 11.1 Å². The molecule has 0 atom stereocenters. The van der Waals surface area contributed by atoms with E-state index in [-0.39, 0.29) is 22.6 Å². The number of likely N-dealkylation sites (tertiary alicyclic amines) is 2. The number of ether oxygens (including phenoxy) is 2. The molecule has 280 valence electrons. The van der Waals surface area contributed by atoms with E-state index in [1.165, 1.54) is 64.5 Å². The minimum absolute atomic E-state index is 0.00152. The number of aromatic hydroxyl groups is 2. The van der Waals surface area contributed by atoms with Gasteiger partial charge in [0.25, 0.3) is 11.1 Å². The summed E-state index contributed by atoms with van der Waals surface area (Å²) in [5.41, 5.74) is 5.57. The van der Waals surface area contributed by atoms with E-state index in [0.29, 0.717) is 48.2 Å². The van der Waals surface area contributed by atoms with Crippen molar-refractivity contribution >= 4 is 21.8 Å². The predicted molar refractivity (Wildman–Crippen MR) is 210 cm³/mol. The number of phenolic OH excluding ortho intramolecular Hbond substituents is 2. The van der Waals surface area contributed by atoms with Crippen LogP contribution in [0.2, 0.25) is 0 Å². The Bertz CT molecular complexity index is 2150. The second-order valence-electron chi connectivity index (χ2n) is 13.8. The fourth-order valence-corrected chi connectivity index (χ4v) is 7.25. The maximum Gasteiger partial charge on any atom is 0.258 e. The maximum atomic E-state index is 12.1. The van der Waals surface area contributed by atoms with Crippen molar-refractivity contribution in [2.75, 3.05) is 52.5 Å². The summed E-state index contributed by atoms with van der Waals surface area (Å²) >= 11 is 0. The third-order valence-corrected chi connectivity index (χ3v) is 10.1. The van der Waals surface area contributed by atoms with Crippen molar-refractivity contribution in [2.45, 2.75) is 38.9 Å². The third kappa shape index (κ3) is 8.86. The molecule has 0 bridgehead atoms. The molecule has 4 heterocycles. The van der Waals surface area contributed by atoms with Crippen LogP contribution in [0.5, 0.6) is 11.5 Å². The van der Waals surface area contributed by atoms with Gasteiger partial charge in [0.2, 0.25) is 0 Å². The lowest BCUT2D eigenvalue weighted by molar-refractivity contribution is 0.0994. The lowest BCUT2D eigenvalue weighted by atomic mass is 9.98. The first kappa shape index (κ1) is 36.9. The van der Waals surface area contributed by atoms with E-state index in [0.717, 1.165) is 46.5 Å². The molecule has 0 saturated carbocycles.